The summed E-state index contributed by atoms with van der Waals surface area (Å²) in [6, 6.07) is 6.68. The Morgan fingerprint density at radius 1 is 1.64 bits per heavy atom. The molecule has 1 aromatic rings. The van der Waals surface area contributed by atoms with Gasteiger partial charge in [0, 0.05) is 10.5 Å². The lowest BCUT2D eigenvalue weighted by atomic mass is 10.1. The third-order valence-corrected chi connectivity index (χ3v) is 2.33. The minimum absolute atomic E-state index is 0.161. The lowest BCUT2D eigenvalue weighted by Gasteiger charge is -2.03. The van der Waals surface area contributed by atoms with Crippen molar-refractivity contribution >= 4 is 30.0 Å². The van der Waals surface area contributed by atoms with Crippen molar-refractivity contribution in [2.75, 3.05) is 0 Å². The molecule has 2 nitrogen and oxygen atoms in total. The van der Waals surface area contributed by atoms with Crippen LogP contribution in [0.25, 0.3) is 0 Å². The summed E-state index contributed by atoms with van der Waals surface area (Å²) in [7, 11) is 0. The SMILES string of the molecule is CC(Cl)C(=O)c1ccc(C#N)c(S)c1. The summed E-state index contributed by atoms with van der Waals surface area (Å²) in [6.45, 7) is 1.61. The van der Waals surface area contributed by atoms with Crippen LogP contribution in [-0.4, -0.2) is 11.2 Å². The molecule has 0 aliphatic rings. The van der Waals surface area contributed by atoms with Gasteiger partial charge in [-0.3, -0.25) is 4.79 Å². The summed E-state index contributed by atoms with van der Waals surface area (Å²) < 4.78 is 0. The molecular weight excluding hydrogens is 218 g/mol. The summed E-state index contributed by atoms with van der Waals surface area (Å²) in [5.41, 5.74) is 0.934. The van der Waals surface area contributed by atoms with Crippen molar-refractivity contribution in [3.05, 3.63) is 29.3 Å². The summed E-state index contributed by atoms with van der Waals surface area (Å²) in [5, 5.41) is 8.09. The minimum Gasteiger partial charge on any atom is -0.293 e. The zero-order chi connectivity index (χ0) is 10.7. The molecule has 1 aromatic carbocycles. The predicted octanol–water partition coefficient (Wildman–Crippen LogP) is 2.66. The van der Waals surface area contributed by atoms with E-state index in [-0.39, 0.29) is 5.78 Å². The van der Waals surface area contributed by atoms with E-state index in [1.54, 1.807) is 25.1 Å². The quantitative estimate of drug-likeness (QED) is 0.478. The van der Waals surface area contributed by atoms with Crippen LogP contribution in [0.4, 0.5) is 0 Å². The standard InChI is InChI=1S/C10H8ClNOS/c1-6(11)10(13)7-2-3-8(5-12)9(14)4-7/h2-4,6,14H,1H3. The number of nitriles is 1. The fourth-order valence-corrected chi connectivity index (χ4v) is 1.40. The fraction of sp³-hybridized carbons (Fsp3) is 0.200. The van der Waals surface area contributed by atoms with Gasteiger partial charge >= 0.3 is 0 Å². The zero-order valence-electron chi connectivity index (χ0n) is 7.49. The fourth-order valence-electron chi connectivity index (χ4n) is 1.01. The summed E-state index contributed by atoms with van der Waals surface area (Å²) in [5.74, 6) is -0.161. The number of carbonyl (C=O) groups excluding carboxylic acids is 1. The topological polar surface area (TPSA) is 40.9 Å². The van der Waals surface area contributed by atoms with Crippen LogP contribution in [-0.2, 0) is 0 Å². The normalized spacial score (nSPS) is 11.9. The minimum atomic E-state index is -0.560. The molecule has 0 N–H and O–H groups in total. The Morgan fingerprint density at radius 3 is 2.71 bits per heavy atom. The molecule has 0 aliphatic carbocycles. The molecule has 0 aliphatic heterocycles. The summed E-state index contributed by atoms with van der Waals surface area (Å²) >= 11 is 9.74. The third-order valence-electron chi connectivity index (χ3n) is 1.76. The number of benzene rings is 1. The molecule has 0 saturated carbocycles. The van der Waals surface area contributed by atoms with Crippen LogP contribution in [0, 0.1) is 11.3 Å². The first-order chi connectivity index (χ1) is 6.56. The van der Waals surface area contributed by atoms with Gasteiger partial charge in [0.25, 0.3) is 0 Å². The highest BCUT2D eigenvalue weighted by Gasteiger charge is 2.13. The molecule has 0 saturated heterocycles. The van der Waals surface area contributed by atoms with Crippen LogP contribution in [0.5, 0.6) is 0 Å². The van der Waals surface area contributed by atoms with E-state index in [9.17, 15) is 4.79 Å². The first-order valence-corrected chi connectivity index (χ1v) is 4.86. The van der Waals surface area contributed by atoms with Crippen molar-refractivity contribution in [3.63, 3.8) is 0 Å². The predicted molar refractivity (Wildman–Crippen MR) is 58.1 cm³/mol. The number of thiol groups is 1. The van der Waals surface area contributed by atoms with Crippen molar-refractivity contribution < 1.29 is 4.79 Å². The highest BCUT2D eigenvalue weighted by Crippen LogP contribution is 2.17. The molecule has 0 radical (unpaired) electrons. The van der Waals surface area contributed by atoms with Crippen LogP contribution in [0.3, 0.4) is 0 Å². The largest absolute Gasteiger partial charge is 0.293 e. The maximum atomic E-state index is 11.4. The van der Waals surface area contributed by atoms with E-state index in [0.717, 1.165) is 0 Å². The number of Topliss-reactive ketones (excluding diaryl/α,β-unsaturated/α-hetero) is 1. The molecule has 1 atom stereocenters. The Morgan fingerprint density at radius 2 is 2.29 bits per heavy atom. The third kappa shape index (κ3) is 2.28. The number of carbonyl (C=O) groups is 1. The van der Waals surface area contributed by atoms with Crippen molar-refractivity contribution in [1.29, 1.82) is 5.26 Å². The Balaban J connectivity index is 3.11. The number of halogens is 1. The summed E-state index contributed by atoms with van der Waals surface area (Å²) in [4.78, 5) is 11.9. The van der Waals surface area contributed by atoms with Crippen molar-refractivity contribution in [2.24, 2.45) is 0 Å². The van der Waals surface area contributed by atoms with Gasteiger partial charge in [0.15, 0.2) is 5.78 Å². The van der Waals surface area contributed by atoms with Gasteiger partial charge in [-0.25, -0.2) is 0 Å². The van der Waals surface area contributed by atoms with Gasteiger partial charge in [-0.05, 0) is 25.1 Å². The second-order valence-corrected chi connectivity index (χ2v) is 3.96. The van der Waals surface area contributed by atoms with Crippen molar-refractivity contribution in [1.82, 2.24) is 0 Å². The molecule has 1 rings (SSSR count). The van der Waals surface area contributed by atoms with E-state index in [0.29, 0.717) is 16.0 Å². The van der Waals surface area contributed by atoms with Gasteiger partial charge in [0.1, 0.15) is 6.07 Å². The molecule has 4 heteroatoms. The summed E-state index contributed by atoms with van der Waals surface area (Å²) in [6.07, 6.45) is 0. The number of hydrogen-bond donors (Lipinski definition) is 1. The number of ketones is 1. The van der Waals surface area contributed by atoms with Gasteiger partial charge in [0.05, 0.1) is 10.9 Å². The lowest BCUT2D eigenvalue weighted by Crippen LogP contribution is -2.10. The first-order valence-electron chi connectivity index (χ1n) is 3.97. The molecule has 14 heavy (non-hydrogen) atoms. The van der Waals surface area contributed by atoms with Gasteiger partial charge < -0.3 is 0 Å². The number of rotatable bonds is 2. The Labute approximate surface area is 92.9 Å². The van der Waals surface area contributed by atoms with Crippen LogP contribution < -0.4 is 0 Å². The molecule has 0 amide bonds. The van der Waals surface area contributed by atoms with E-state index in [1.165, 1.54) is 0 Å². The Kier molecular flexibility index (Phi) is 3.56. The smallest absolute Gasteiger partial charge is 0.180 e. The molecule has 0 aromatic heterocycles. The lowest BCUT2D eigenvalue weighted by molar-refractivity contribution is 0.0991. The van der Waals surface area contributed by atoms with Crippen LogP contribution in [0.2, 0.25) is 0 Å². The van der Waals surface area contributed by atoms with E-state index in [2.05, 4.69) is 12.6 Å². The number of hydrogen-bond acceptors (Lipinski definition) is 3. The molecule has 0 bridgehead atoms. The first kappa shape index (κ1) is 11.1. The number of nitrogens with zero attached hydrogens (tertiary/aromatic N) is 1. The second kappa shape index (κ2) is 4.50. The Bertz CT molecular complexity index is 409. The molecule has 0 spiro atoms. The van der Waals surface area contributed by atoms with Gasteiger partial charge in [-0.15, -0.1) is 24.2 Å². The second-order valence-electron chi connectivity index (χ2n) is 2.82. The van der Waals surface area contributed by atoms with Gasteiger partial charge in [-0.1, -0.05) is 0 Å². The van der Waals surface area contributed by atoms with E-state index in [4.69, 9.17) is 16.9 Å². The molecule has 0 fully saturated rings. The molecule has 72 valence electrons. The van der Waals surface area contributed by atoms with Crippen LogP contribution in [0.1, 0.15) is 22.8 Å². The Hall–Kier alpha value is -0.980. The molecule has 0 heterocycles. The van der Waals surface area contributed by atoms with E-state index >= 15 is 0 Å². The highest BCUT2D eigenvalue weighted by atomic mass is 35.5. The van der Waals surface area contributed by atoms with Crippen molar-refractivity contribution in [3.8, 4) is 6.07 Å². The maximum Gasteiger partial charge on any atom is 0.180 e. The van der Waals surface area contributed by atoms with Crippen LogP contribution >= 0.6 is 24.2 Å². The van der Waals surface area contributed by atoms with Gasteiger partial charge in [-0.2, -0.15) is 5.26 Å². The van der Waals surface area contributed by atoms with Gasteiger partial charge in [0.2, 0.25) is 0 Å². The molecular formula is C10H8ClNOS. The monoisotopic (exact) mass is 225 g/mol. The zero-order valence-corrected chi connectivity index (χ0v) is 9.14. The average Bonchev–Trinajstić information content (AvgIpc) is 2.16. The average molecular weight is 226 g/mol. The van der Waals surface area contributed by atoms with Crippen molar-refractivity contribution in [2.45, 2.75) is 17.2 Å². The number of alkyl halides is 1. The highest BCUT2D eigenvalue weighted by molar-refractivity contribution is 7.80. The van der Waals surface area contributed by atoms with Crippen LogP contribution in [0.15, 0.2) is 23.1 Å². The molecule has 1 unspecified atom stereocenters. The maximum absolute atomic E-state index is 11.4. The van der Waals surface area contributed by atoms with E-state index in [1.807, 2.05) is 6.07 Å². The van der Waals surface area contributed by atoms with E-state index < -0.39 is 5.38 Å².